The Morgan fingerprint density at radius 2 is 2.28 bits per heavy atom. The zero-order chi connectivity index (χ0) is 17.6. The van der Waals surface area contributed by atoms with E-state index in [1.807, 2.05) is 20.9 Å². The van der Waals surface area contributed by atoms with Crippen LogP contribution in [0.4, 0.5) is 5.69 Å². The molecule has 7 heteroatoms. The molecule has 0 amide bonds. The van der Waals surface area contributed by atoms with Crippen molar-refractivity contribution in [2.45, 2.75) is 26.7 Å². The molecule has 2 aromatic rings. The van der Waals surface area contributed by atoms with Gasteiger partial charge in [0.2, 0.25) is 0 Å². The summed E-state index contributed by atoms with van der Waals surface area (Å²) in [5.74, 6) is -0.321. The molecular formula is C18H24N4O3. The molecule has 1 spiro atoms. The summed E-state index contributed by atoms with van der Waals surface area (Å²) >= 11 is 0. The summed E-state index contributed by atoms with van der Waals surface area (Å²) in [6, 6.07) is 0. The lowest BCUT2D eigenvalue weighted by atomic mass is 9.87. The van der Waals surface area contributed by atoms with Crippen LogP contribution in [0.25, 0.3) is 11.0 Å². The van der Waals surface area contributed by atoms with Gasteiger partial charge in [0.25, 0.3) is 0 Å². The second kappa shape index (κ2) is 5.98. The van der Waals surface area contributed by atoms with Gasteiger partial charge in [-0.1, -0.05) is 0 Å². The van der Waals surface area contributed by atoms with Crippen molar-refractivity contribution in [3.63, 3.8) is 0 Å². The predicted octanol–water partition coefficient (Wildman–Crippen LogP) is 2.07. The third-order valence-corrected chi connectivity index (χ3v) is 5.43. The highest BCUT2D eigenvalue weighted by Crippen LogP contribution is 2.43. The third-order valence-electron chi connectivity index (χ3n) is 5.43. The van der Waals surface area contributed by atoms with Crippen LogP contribution in [0.2, 0.25) is 0 Å². The van der Waals surface area contributed by atoms with Crippen LogP contribution in [0.5, 0.6) is 0 Å². The molecule has 4 heterocycles. The maximum absolute atomic E-state index is 12.6. The summed E-state index contributed by atoms with van der Waals surface area (Å²) in [6.45, 7) is 7.57. The topological polar surface area (TPSA) is 69.5 Å². The first-order valence-corrected chi connectivity index (χ1v) is 8.87. The van der Waals surface area contributed by atoms with Gasteiger partial charge in [-0.05, 0) is 26.7 Å². The number of nitrogens with zero attached hydrogens (tertiary/aromatic N) is 4. The van der Waals surface area contributed by atoms with E-state index >= 15 is 0 Å². The van der Waals surface area contributed by atoms with Crippen LogP contribution >= 0.6 is 0 Å². The summed E-state index contributed by atoms with van der Waals surface area (Å²) in [7, 11) is 1.88. The van der Waals surface area contributed by atoms with E-state index in [4.69, 9.17) is 9.47 Å². The first kappa shape index (κ1) is 16.3. The highest BCUT2D eigenvalue weighted by Gasteiger charge is 2.42. The molecule has 2 aromatic heterocycles. The summed E-state index contributed by atoms with van der Waals surface area (Å²) in [5, 5.41) is 5.46. The van der Waals surface area contributed by atoms with Crippen molar-refractivity contribution in [2.24, 2.45) is 12.5 Å². The summed E-state index contributed by atoms with van der Waals surface area (Å²) in [5.41, 5.74) is 3.33. The summed E-state index contributed by atoms with van der Waals surface area (Å²) in [6.07, 6.45) is 3.80. The van der Waals surface area contributed by atoms with Crippen LogP contribution in [-0.2, 0) is 16.5 Å². The largest absolute Gasteiger partial charge is 0.462 e. The van der Waals surface area contributed by atoms with Crippen molar-refractivity contribution in [3.8, 4) is 0 Å². The third kappa shape index (κ3) is 2.57. The van der Waals surface area contributed by atoms with E-state index in [-0.39, 0.29) is 11.4 Å². The molecule has 0 aliphatic carbocycles. The van der Waals surface area contributed by atoms with Gasteiger partial charge in [0, 0.05) is 38.4 Å². The zero-order valence-electron chi connectivity index (χ0n) is 15.0. The second-order valence-corrected chi connectivity index (χ2v) is 7.12. The van der Waals surface area contributed by atoms with Crippen LogP contribution in [0.1, 0.15) is 35.8 Å². The molecular weight excluding hydrogens is 320 g/mol. The maximum Gasteiger partial charge on any atom is 0.341 e. The minimum Gasteiger partial charge on any atom is -0.462 e. The van der Waals surface area contributed by atoms with Crippen molar-refractivity contribution in [1.82, 2.24) is 14.8 Å². The molecule has 25 heavy (non-hydrogen) atoms. The van der Waals surface area contributed by atoms with Crippen molar-refractivity contribution in [1.29, 1.82) is 0 Å². The number of ether oxygens (including phenoxy) is 2. The Balaban J connectivity index is 1.84. The molecule has 4 rings (SSSR count). The van der Waals surface area contributed by atoms with Gasteiger partial charge in [-0.15, -0.1) is 0 Å². The van der Waals surface area contributed by atoms with Crippen LogP contribution in [0, 0.1) is 12.3 Å². The summed E-state index contributed by atoms with van der Waals surface area (Å²) < 4.78 is 12.7. The monoisotopic (exact) mass is 344 g/mol. The number of carbonyl (C=O) groups is 1. The van der Waals surface area contributed by atoms with Gasteiger partial charge < -0.3 is 14.4 Å². The molecule has 1 atom stereocenters. The van der Waals surface area contributed by atoms with Crippen molar-refractivity contribution < 1.29 is 14.3 Å². The molecule has 0 saturated carbocycles. The second-order valence-electron chi connectivity index (χ2n) is 7.12. The quantitative estimate of drug-likeness (QED) is 0.794. The maximum atomic E-state index is 12.6. The van der Waals surface area contributed by atoms with Gasteiger partial charge in [-0.2, -0.15) is 5.10 Å². The van der Waals surface area contributed by atoms with Gasteiger partial charge in [-0.3, -0.25) is 4.68 Å². The average molecular weight is 344 g/mol. The molecule has 2 saturated heterocycles. The Hall–Kier alpha value is -2.15. The minimum atomic E-state index is -0.321. The average Bonchev–Trinajstić information content (AvgIpc) is 3.29. The Bertz CT molecular complexity index is 823. The number of aromatic nitrogens is 3. The number of esters is 1. The Morgan fingerprint density at radius 1 is 1.44 bits per heavy atom. The fraction of sp³-hybridized carbons (Fsp3) is 0.611. The van der Waals surface area contributed by atoms with Crippen LogP contribution in [-0.4, -0.2) is 53.6 Å². The lowest BCUT2D eigenvalue weighted by Crippen LogP contribution is -2.29. The molecule has 2 fully saturated rings. The lowest BCUT2D eigenvalue weighted by Gasteiger charge is -2.25. The molecule has 2 aliphatic rings. The minimum absolute atomic E-state index is 0.206. The molecule has 0 bridgehead atoms. The van der Waals surface area contributed by atoms with Gasteiger partial charge in [-0.25, -0.2) is 9.78 Å². The fourth-order valence-corrected chi connectivity index (χ4v) is 4.18. The Morgan fingerprint density at radius 3 is 3.00 bits per heavy atom. The Kier molecular flexibility index (Phi) is 3.91. The number of rotatable bonds is 3. The van der Waals surface area contributed by atoms with Gasteiger partial charge in [0.1, 0.15) is 5.56 Å². The first-order chi connectivity index (χ1) is 12.0. The van der Waals surface area contributed by atoms with Crippen LogP contribution in [0.3, 0.4) is 0 Å². The first-order valence-electron chi connectivity index (χ1n) is 8.87. The molecule has 134 valence electrons. The summed E-state index contributed by atoms with van der Waals surface area (Å²) in [4.78, 5) is 19.3. The number of fused-ring (bicyclic) bond motifs is 1. The zero-order valence-corrected chi connectivity index (χ0v) is 15.0. The van der Waals surface area contributed by atoms with E-state index < -0.39 is 0 Å². The number of carbonyl (C=O) groups excluding carboxylic acids is 1. The highest BCUT2D eigenvalue weighted by molar-refractivity contribution is 6.05. The van der Waals surface area contributed by atoms with Crippen molar-refractivity contribution in [2.75, 3.05) is 37.8 Å². The van der Waals surface area contributed by atoms with Crippen molar-refractivity contribution in [3.05, 3.63) is 17.5 Å². The normalized spacial score (nSPS) is 23.1. The van der Waals surface area contributed by atoms with E-state index in [0.29, 0.717) is 12.2 Å². The van der Waals surface area contributed by atoms with Gasteiger partial charge in [0.15, 0.2) is 5.65 Å². The van der Waals surface area contributed by atoms with E-state index in [2.05, 4.69) is 15.0 Å². The van der Waals surface area contributed by atoms with E-state index in [0.717, 1.165) is 61.6 Å². The van der Waals surface area contributed by atoms with E-state index in [1.165, 1.54) is 0 Å². The highest BCUT2D eigenvalue weighted by atomic mass is 16.5. The number of pyridine rings is 1. The fourth-order valence-electron chi connectivity index (χ4n) is 4.18. The molecule has 1 unspecified atom stereocenters. The predicted molar refractivity (Wildman–Crippen MR) is 93.9 cm³/mol. The molecule has 7 nitrogen and oxygen atoms in total. The van der Waals surface area contributed by atoms with Crippen molar-refractivity contribution >= 4 is 22.7 Å². The molecule has 2 aliphatic heterocycles. The molecule has 0 N–H and O–H groups in total. The SMILES string of the molecule is CCOC(=O)c1cnc2c(c(C)nn2C)c1N1CCC2(CCOC2)C1. The van der Waals surface area contributed by atoms with Gasteiger partial charge in [0.05, 0.1) is 30.0 Å². The number of hydrogen-bond donors (Lipinski definition) is 0. The number of aryl methyl sites for hydroxylation is 2. The van der Waals surface area contributed by atoms with Gasteiger partial charge >= 0.3 is 5.97 Å². The Labute approximate surface area is 146 Å². The van der Waals surface area contributed by atoms with Crippen LogP contribution < -0.4 is 4.90 Å². The number of hydrogen-bond acceptors (Lipinski definition) is 6. The molecule has 0 radical (unpaired) electrons. The molecule has 0 aromatic carbocycles. The smallest absolute Gasteiger partial charge is 0.341 e. The van der Waals surface area contributed by atoms with E-state index in [9.17, 15) is 4.79 Å². The lowest BCUT2D eigenvalue weighted by molar-refractivity contribution is 0.0527. The standard InChI is InChI=1S/C18H24N4O3/c1-4-25-17(23)13-9-19-16-14(12(2)20-21(16)3)15(13)22-7-5-18(10-22)6-8-24-11-18/h9H,4-8,10-11H2,1-3H3. The van der Waals surface area contributed by atoms with E-state index in [1.54, 1.807) is 10.9 Å². The number of anilines is 1. The van der Waals surface area contributed by atoms with Crippen LogP contribution in [0.15, 0.2) is 6.20 Å².